The molecule has 2 aromatic rings. The molecule has 0 unspecified atom stereocenters. The van der Waals surface area contributed by atoms with Crippen LogP contribution in [0.5, 0.6) is 5.88 Å². The Balaban J connectivity index is 1.79. The molecule has 0 atom stereocenters. The molecule has 0 aliphatic rings. The Bertz CT molecular complexity index is 538. The molecule has 0 fully saturated rings. The zero-order chi connectivity index (χ0) is 13.7. The number of nitrogens with one attached hydrogen (secondary N) is 1. The first-order valence-corrected chi connectivity index (χ1v) is 6.31. The molecule has 0 saturated carbocycles. The van der Waals surface area contributed by atoms with Gasteiger partial charge in [-0.3, -0.25) is 4.68 Å². The maximum absolute atomic E-state index is 5.04. The fourth-order valence-electron chi connectivity index (χ4n) is 1.87. The van der Waals surface area contributed by atoms with Crippen LogP contribution < -0.4 is 10.1 Å². The van der Waals surface area contributed by atoms with Crippen LogP contribution in [0.25, 0.3) is 0 Å². The summed E-state index contributed by atoms with van der Waals surface area (Å²) >= 11 is 0. The summed E-state index contributed by atoms with van der Waals surface area (Å²) in [7, 11) is 1.59. The number of nitrogens with zero attached hydrogens (tertiary/aromatic N) is 4. The van der Waals surface area contributed by atoms with Gasteiger partial charge in [0.25, 0.3) is 0 Å². The molecule has 0 aromatic carbocycles. The standard InChI is InChI=1S/C13H19N5O/c1-10-9-11(2)18(17-10)8-4-6-14-13-15-7-5-12(16-13)19-3/h5,7,9H,4,6,8H2,1-3H3,(H,14,15,16). The van der Waals surface area contributed by atoms with Gasteiger partial charge in [-0.1, -0.05) is 0 Å². The Labute approximate surface area is 112 Å². The third-order valence-corrected chi connectivity index (χ3v) is 2.77. The number of anilines is 1. The van der Waals surface area contributed by atoms with Crippen LogP contribution in [-0.4, -0.2) is 33.4 Å². The molecule has 1 N–H and O–H groups in total. The second-order valence-electron chi connectivity index (χ2n) is 4.35. The van der Waals surface area contributed by atoms with Gasteiger partial charge in [-0.15, -0.1) is 0 Å². The number of hydrogen-bond donors (Lipinski definition) is 1. The van der Waals surface area contributed by atoms with Crippen LogP contribution in [0.4, 0.5) is 5.95 Å². The Morgan fingerprint density at radius 2 is 2.21 bits per heavy atom. The summed E-state index contributed by atoms with van der Waals surface area (Å²) in [6, 6.07) is 3.81. The van der Waals surface area contributed by atoms with Crippen molar-refractivity contribution in [1.29, 1.82) is 0 Å². The van der Waals surface area contributed by atoms with Gasteiger partial charge in [-0.05, 0) is 26.3 Å². The predicted octanol–water partition coefficient (Wildman–Crippen LogP) is 1.80. The van der Waals surface area contributed by atoms with E-state index in [4.69, 9.17) is 4.74 Å². The van der Waals surface area contributed by atoms with E-state index < -0.39 is 0 Å². The minimum Gasteiger partial charge on any atom is -0.481 e. The Morgan fingerprint density at radius 3 is 2.89 bits per heavy atom. The van der Waals surface area contributed by atoms with Crippen LogP contribution in [-0.2, 0) is 6.54 Å². The first-order valence-electron chi connectivity index (χ1n) is 6.31. The topological polar surface area (TPSA) is 64.9 Å². The Kier molecular flexibility index (Phi) is 4.33. The van der Waals surface area contributed by atoms with E-state index in [0.717, 1.165) is 25.2 Å². The normalized spacial score (nSPS) is 10.5. The van der Waals surface area contributed by atoms with E-state index >= 15 is 0 Å². The lowest BCUT2D eigenvalue weighted by atomic mass is 10.4. The van der Waals surface area contributed by atoms with E-state index in [1.807, 2.05) is 11.6 Å². The van der Waals surface area contributed by atoms with Crippen molar-refractivity contribution in [3.05, 3.63) is 29.7 Å². The van der Waals surface area contributed by atoms with Crippen LogP contribution in [0.3, 0.4) is 0 Å². The third kappa shape index (κ3) is 3.67. The van der Waals surface area contributed by atoms with Crippen LogP contribution in [0.15, 0.2) is 18.3 Å². The minimum absolute atomic E-state index is 0.566. The summed E-state index contributed by atoms with van der Waals surface area (Å²) in [6.45, 7) is 5.76. The molecule has 0 bridgehead atoms. The van der Waals surface area contributed by atoms with Gasteiger partial charge in [0, 0.05) is 31.0 Å². The van der Waals surface area contributed by atoms with Crippen LogP contribution >= 0.6 is 0 Å². The number of hydrogen-bond acceptors (Lipinski definition) is 5. The van der Waals surface area contributed by atoms with E-state index in [-0.39, 0.29) is 0 Å². The molecule has 2 heterocycles. The quantitative estimate of drug-likeness (QED) is 0.803. The highest BCUT2D eigenvalue weighted by Crippen LogP contribution is 2.07. The molecule has 0 saturated heterocycles. The van der Waals surface area contributed by atoms with Gasteiger partial charge >= 0.3 is 0 Å². The van der Waals surface area contributed by atoms with Gasteiger partial charge in [-0.2, -0.15) is 10.1 Å². The van der Waals surface area contributed by atoms with Gasteiger partial charge in [0.1, 0.15) is 0 Å². The van der Waals surface area contributed by atoms with Crippen LogP contribution in [0.1, 0.15) is 17.8 Å². The lowest BCUT2D eigenvalue weighted by molar-refractivity contribution is 0.397. The first-order chi connectivity index (χ1) is 9.19. The summed E-state index contributed by atoms with van der Waals surface area (Å²) in [5.74, 6) is 1.16. The average molecular weight is 261 g/mol. The molecule has 0 aliphatic heterocycles. The summed E-state index contributed by atoms with van der Waals surface area (Å²) in [6.07, 6.45) is 2.64. The van der Waals surface area contributed by atoms with E-state index in [0.29, 0.717) is 11.8 Å². The maximum atomic E-state index is 5.04. The van der Waals surface area contributed by atoms with Gasteiger partial charge in [0.15, 0.2) is 0 Å². The first kappa shape index (κ1) is 13.3. The predicted molar refractivity (Wildman–Crippen MR) is 73.4 cm³/mol. The molecule has 0 amide bonds. The van der Waals surface area contributed by atoms with Crippen molar-refractivity contribution in [3.8, 4) is 5.88 Å². The SMILES string of the molecule is COc1ccnc(NCCCn2nc(C)cc2C)n1. The van der Waals surface area contributed by atoms with E-state index in [2.05, 4.69) is 33.4 Å². The summed E-state index contributed by atoms with van der Waals surface area (Å²) in [4.78, 5) is 8.32. The summed E-state index contributed by atoms with van der Waals surface area (Å²) < 4.78 is 7.06. The Hall–Kier alpha value is -2.11. The molecule has 2 aromatic heterocycles. The molecule has 6 nitrogen and oxygen atoms in total. The van der Waals surface area contributed by atoms with Crippen LogP contribution in [0, 0.1) is 13.8 Å². The second kappa shape index (κ2) is 6.17. The number of rotatable bonds is 6. The molecule has 2 rings (SSSR count). The molecule has 0 spiro atoms. The van der Waals surface area contributed by atoms with Gasteiger partial charge in [0.2, 0.25) is 11.8 Å². The Morgan fingerprint density at radius 1 is 1.37 bits per heavy atom. The summed E-state index contributed by atoms with van der Waals surface area (Å²) in [5.41, 5.74) is 2.25. The van der Waals surface area contributed by atoms with E-state index in [1.165, 1.54) is 5.69 Å². The highest BCUT2D eigenvalue weighted by molar-refractivity contribution is 5.27. The monoisotopic (exact) mass is 261 g/mol. The number of methoxy groups -OCH3 is 1. The second-order valence-corrected chi connectivity index (χ2v) is 4.35. The molecule has 19 heavy (non-hydrogen) atoms. The third-order valence-electron chi connectivity index (χ3n) is 2.77. The number of ether oxygens (including phenoxy) is 1. The van der Waals surface area contributed by atoms with Crippen molar-refractivity contribution < 1.29 is 4.74 Å². The number of aryl methyl sites for hydroxylation is 3. The molecule has 0 aliphatic carbocycles. The summed E-state index contributed by atoms with van der Waals surface area (Å²) in [5, 5.41) is 7.59. The zero-order valence-corrected chi connectivity index (χ0v) is 11.6. The smallest absolute Gasteiger partial charge is 0.225 e. The minimum atomic E-state index is 0.566. The molecule has 6 heteroatoms. The average Bonchev–Trinajstić information content (AvgIpc) is 2.73. The van der Waals surface area contributed by atoms with Crippen molar-refractivity contribution in [2.45, 2.75) is 26.8 Å². The van der Waals surface area contributed by atoms with E-state index in [9.17, 15) is 0 Å². The maximum Gasteiger partial charge on any atom is 0.225 e. The van der Waals surface area contributed by atoms with Crippen molar-refractivity contribution in [3.63, 3.8) is 0 Å². The lowest BCUT2D eigenvalue weighted by Crippen LogP contribution is -2.10. The fourth-order valence-corrected chi connectivity index (χ4v) is 1.87. The van der Waals surface area contributed by atoms with Crippen molar-refractivity contribution in [2.24, 2.45) is 0 Å². The number of aromatic nitrogens is 4. The molecular weight excluding hydrogens is 242 g/mol. The van der Waals surface area contributed by atoms with Crippen molar-refractivity contribution in [2.75, 3.05) is 19.0 Å². The van der Waals surface area contributed by atoms with Gasteiger partial charge in [0.05, 0.1) is 12.8 Å². The highest BCUT2D eigenvalue weighted by atomic mass is 16.5. The van der Waals surface area contributed by atoms with Gasteiger partial charge < -0.3 is 10.1 Å². The lowest BCUT2D eigenvalue weighted by Gasteiger charge is -2.07. The van der Waals surface area contributed by atoms with Crippen LogP contribution in [0.2, 0.25) is 0 Å². The zero-order valence-electron chi connectivity index (χ0n) is 11.6. The highest BCUT2D eigenvalue weighted by Gasteiger charge is 2.01. The van der Waals surface area contributed by atoms with E-state index in [1.54, 1.807) is 19.4 Å². The fraction of sp³-hybridized carbons (Fsp3) is 0.462. The largest absolute Gasteiger partial charge is 0.481 e. The molecule has 0 radical (unpaired) electrons. The molecule has 102 valence electrons. The van der Waals surface area contributed by atoms with Gasteiger partial charge in [-0.25, -0.2) is 4.98 Å². The van der Waals surface area contributed by atoms with Crippen molar-refractivity contribution in [1.82, 2.24) is 19.7 Å². The molecular formula is C13H19N5O. The van der Waals surface area contributed by atoms with Crippen molar-refractivity contribution >= 4 is 5.95 Å².